The van der Waals surface area contributed by atoms with Gasteiger partial charge in [0.2, 0.25) is 5.76 Å². The van der Waals surface area contributed by atoms with E-state index in [9.17, 15) is 14.0 Å². The molecular weight excluding hydrogens is 401 g/mol. The molecule has 0 bridgehead atoms. The van der Waals surface area contributed by atoms with Crippen LogP contribution in [0.3, 0.4) is 0 Å². The molecule has 0 saturated heterocycles. The lowest BCUT2D eigenvalue weighted by Gasteiger charge is -2.12. The lowest BCUT2D eigenvalue weighted by atomic mass is 10.1. The van der Waals surface area contributed by atoms with E-state index in [1.807, 2.05) is 6.07 Å². The van der Waals surface area contributed by atoms with Gasteiger partial charge in [0.25, 0.3) is 5.91 Å². The summed E-state index contributed by atoms with van der Waals surface area (Å²) in [4.78, 5) is 23.4. The van der Waals surface area contributed by atoms with Crippen LogP contribution in [0.4, 0.5) is 4.39 Å². The highest BCUT2D eigenvalue weighted by atomic mass is 35.5. The van der Waals surface area contributed by atoms with Gasteiger partial charge in [-0.05, 0) is 25.1 Å². The number of carbonyl (C=O) groups is 2. The van der Waals surface area contributed by atoms with E-state index in [0.29, 0.717) is 12.2 Å². The van der Waals surface area contributed by atoms with Crippen molar-refractivity contribution in [1.29, 1.82) is 5.26 Å². The van der Waals surface area contributed by atoms with Gasteiger partial charge in [0, 0.05) is 30.8 Å². The third kappa shape index (κ3) is 4.33. The van der Waals surface area contributed by atoms with Crippen molar-refractivity contribution in [2.24, 2.45) is 0 Å². The number of hydrogen-bond donors (Lipinski definition) is 1. The van der Waals surface area contributed by atoms with Crippen LogP contribution >= 0.6 is 11.6 Å². The average Bonchev–Trinajstić information content (AvgIpc) is 3.33. The maximum Gasteiger partial charge on any atom is 0.273 e. The first-order valence-electron chi connectivity index (χ1n) is 8.50. The third-order valence-corrected chi connectivity index (χ3v) is 4.42. The van der Waals surface area contributed by atoms with Crippen molar-refractivity contribution in [1.82, 2.24) is 20.3 Å². The molecule has 3 aromatic rings. The van der Waals surface area contributed by atoms with Gasteiger partial charge in [-0.1, -0.05) is 16.8 Å². The Bertz CT molecular complexity index is 1130. The van der Waals surface area contributed by atoms with E-state index in [1.165, 1.54) is 29.8 Å². The number of carbonyl (C=O) groups excluding carboxylic acids is 2. The number of nitriles is 1. The van der Waals surface area contributed by atoms with Gasteiger partial charge in [0.05, 0.1) is 22.8 Å². The van der Waals surface area contributed by atoms with Crippen LogP contribution in [0.25, 0.3) is 11.3 Å². The van der Waals surface area contributed by atoms with Gasteiger partial charge in [-0.15, -0.1) is 0 Å². The zero-order valence-electron chi connectivity index (χ0n) is 15.4. The van der Waals surface area contributed by atoms with E-state index >= 15 is 0 Å². The van der Waals surface area contributed by atoms with Crippen LogP contribution in [0.1, 0.15) is 40.5 Å². The molecule has 29 heavy (non-hydrogen) atoms. The van der Waals surface area contributed by atoms with Gasteiger partial charge in [-0.25, -0.2) is 4.39 Å². The number of aromatic nitrogens is 3. The summed E-state index contributed by atoms with van der Waals surface area (Å²) < 4.78 is 20.7. The number of halogens is 2. The number of benzene rings is 1. The maximum absolute atomic E-state index is 14.4. The fourth-order valence-corrected chi connectivity index (χ4v) is 2.82. The predicted molar refractivity (Wildman–Crippen MR) is 101 cm³/mol. The van der Waals surface area contributed by atoms with Crippen molar-refractivity contribution in [2.45, 2.75) is 26.4 Å². The van der Waals surface area contributed by atoms with Gasteiger partial charge >= 0.3 is 0 Å². The number of rotatable bonds is 6. The molecule has 0 saturated carbocycles. The molecule has 148 valence electrons. The lowest BCUT2D eigenvalue weighted by Crippen LogP contribution is -2.36. The van der Waals surface area contributed by atoms with Crippen LogP contribution in [0.5, 0.6) is 0 Å². The van der Waals surface area contributed by atoms with Crippen LogP contribution in [0, 0.1) is 17.1 Å². The number of ketones is 1. The summed E-state index contributed by atoms with van der Waals surface area (Å²) in [7, 11) is 0. The first-order valence-corrected chi connectivity index (χ1v) is 8.88. The predicted octanol–water partition coefficient (Wildman–Crippen LogP) is 3.22. The second kappa shape index (κ2) is 8.24. The van der Waals surface area contributed by atoms with E-state index in [-0.39, 0.29) is 39.4 Å². The fourth-order valence-electron chi connectivity index (χ4n) is 2.61. The Morgan fingerprint density at radius 1 is 1.41 bits per heavy atom. The molecule has 8 nitrogen and oxygen atoms in total. The Morgan fingerprint density at radius 3 is 2.83 bits per heavy atom. The monoisotopic (exact) mass is 415 g/mol. The Hall–Kier alpha value is -3.51. The van der Waals surface area contributed by atoms with E-state index in [0.717, 1.165) is 0 Å². The summed E-state index contributed by atoms with van der Waals surface area (Å²) >= 11 is 5.86. The molecule has 1 N–H and O–H groups in total. The highest BCUT2D eigenvalue weighted by Gasteiger charge is 2.18. The minimum absolute atomic E-state index is 0.00231. The Balaban J connectivity index is 1.68. The van der Waals surface area contributed by atoms with E-state index in [1.54, 1.807) is 19.2 Å². The Kier molecular flexibility index (Phi) is 5.75. The highest BCUT2D eigenvalue weighted by Crippen LogP contribution is 2.29. The fraction of sp³-hybridized carbons (Fsp3) is 0.211. The van der Waals surface area contributed by atoms with E-state index in [4.69, 9.17) is 21.4 Å². The molecule has 0 fully saturated rings. The summed E-state index contributed by atoms with van der Waals surface area (Å²) in [6, 6.07) is 7.21. The molecule has 2 heterocycles. The summed E-state index contributed by atoms with van der Waals surface area (Å²) in [6.45, 7) is 3.36. The van der Waals surface area contributed by atoms with Crippen molar-refractivity contribution < 1.29 is 18.5 Å². The van der Waals surface area contributed by atoms with Crippen LogP contribution in [0.15, 0.2) is 35.0 Å². The molecule has 10 heteroatoms. The van der Waals surface area contributed by atoms with Gasteiger partial charge in [-0.2, -0.15) is 10.4 Å². The van der Waals surface area contributed by atoms with Crippen LogP contribution < -0.4 is 5.32 Å². The summed E-state index contributed by atoms with van der Waals surface area (Å²) in [5.41, 5.74) is 0.556. The average molecular weight is 416 g/mol. The summed E-state index contributed by atoms with van der Waals surface area (Å²) in [6.07, 6.45) is 1.63. The zero-order valence-corrected chi connectivity index (χ0v) is 16.2. The largest absolute Gasteiger partial charge is 0.352 e. The molecule has 1 unspecified atom stereocenters. The normalized spacial score (nSPS) is 11.7. The van der Waals surface area contributed by atoms with E-state index in [2.05, 4.69) is 15.6 Å². The molecular formula is C19H15ClFN5O3. The Morgan fingerprint density at radius 2 is 2.17 bits per heavy atom. The molecule has 0 spiro atoms. The second-order valence-corrected chi connectivity index (χ2v) is 6.71. The van der Waals surface area contributed by atoms with Gasteiger partial charge in [0.15, 0.2) is 17.3 Å². The molecule has 3 rings (SSSR count). The molecule has 0 aliphatic carbocycles. The molecule has 0 aliphatic heterocycles. The van der Waals surface area contributed by atoms with Gasteiger partial charge in [0.1, 0.15) is 6.07 Å². The molecule has 1 amide bonds. The molecule has 0 aliphatic rings. The third-order valence-electron chi connectivity index (χ3n) is 4.05. The zero-order chi connectivity index (χ0) is 21.1. The topological polar surface area (TPSA) is 114 Å². The minimum atomic E-state index is -0.718. The van der Waals surface area contributed by atoms with Crippen molar-refractivity contribution >= 4 is 23.3 Å². The van der Waals surface area contributed by atoms with Crippen molar-refractivity contribution in [3.8, 4) is 17.3 Å². The van der Waals surface area contributed by atoms with E-state index < -0.39 is 11.7 Å². The quantitative estimate of drug-likeness (QED) is 0.618. The number of amides is 1. The first kappa shape index (κ1) is 20.2. The summed E-state index contributed by atoms with van der Waals surface area (Å²) in [5.74, 6) is -1.54. The number of hydrogen-bond acceptors (Lipinski definition) is 6. The van der Waals surface area contributed by atoms with Crippen LogP contribution in [-0.2, 0) is 6.54 Å². The lowest BCUT2D eigenvalue weighted by molar-refractivity contribution is 0.0922. The standard InChI is InChI=1S/C19H15ClFN5O3/c1-10(23-19(28)15-7-16(11(2)27)29-25-15)9-26-6-5-14(24-26)13-4-3-12(8-22)17(20)18(13)21/h3-7,10H,9H2,1-2H3,(H,23,28). The van der Waals surface area contributed by atoms with Crippen molar-refractivity contribution in [3.63, 3.8) is 0 Å². The first-order chi connectivity index (χ1) is 13.8. The maximum atomic E-state index is 14.4. The van der Waals surface area contributed by atoms with Crippen molar-refractivity contribution in [3.05, 3.63) is 58.3 Å². The van der Waals surface area contributed by atoms with Gasteiger partial charge < -0.3 is 9.84 Å². The molecule has 1 atom stereocenters. The summed E-state index contributed by atoms with van der Waals surface area (Å²) in [5, 5.41) is 19.2. The number of Topliss-reactive ketones (excluding diaryl/α,β-unsaturated/α-hetero) is 1. The number of nitrogens with one attached hydrogen (secondary N) is 1. The SMILES string of the molecule is CC(=O)c1cc(C(=O)NC(C)Cn2ccc(-c3ccc(C#N)c(Cl)c3F)n2)no1. The smallest absolute Gasteiger partial charge is 0.273 e. The van der Waals surface area contributed by atoms with Crippen LogP contribution in [0.2, 0.25) is 5.02 Å². The van der Waals surface area contributed by atoms with Crippen molar-refractivity contribution in [2.75, 3.05) is 0 Å². The number of nitrogens with zero attached hydrogens (tertiary/aromatic N) is 4. The van der Waals surface area contributed by atoms with Crippen LogP contribution in [-0.4, -0.2) is 32.7 Å². The molecule has 1 aromatic carbocycles. The molecule has 0 radical (unpaired) electrons. The second-order valence-electron chi connectivity index (χ2n) is 6.33. The highest BCUT2D eigenvalue weighted by molar-refractivity contribution is 6.32. The minimum Gasteiger partial charge on any atom is -0.352 e. The Labute approximate surface area is 169 Å². The van der Waals surface area contributed by atoms with Gasteiger partial charge in [-0.3, -0.25) is 14.3 Å². The molecule has 2 aromatic heterocycles.